The zero-order chi connectivity index (χ0) is 17.6. The van der Waals surface area contributed by atoms with Crippen molar-refractivity contribution in [1.29, 1.82) is 0 Å². The Balaban J connectivity index is 1.71. The minimum absolute atomic E-state index is 0.0154. The van der Waals surface area contributed by atoms with Crippen LogP contribution in [-0.2, 0) is 0 Å². The molecule has 3 N–H and O–H groups in total. The van der Waals surface area contributed by atoms with Crippen molar-refractivity contribution < 1.29 is 18.3 Å². The summed E-state index contributed by atoms with van der Waals surface area (Å²) in [5, 5.41) is 16.6. The average Bonchev–Trinajstić information content (AvgIpc) is 2.58. The van der Waals surface area contributed by atoms with E-state index in [1.54, 1.807) is 7.05 Å². The maximum atomic E-state index is 12.7. The first kappa shape index (κ1) is 19.3. The predicted molar refractivity (Wildman–Crippen MR) is 88.9 cm³/mol. The van der Waals surface area contributed by atoms with Gasteiger partial charge in [-0.1, -0.05) is 19.3 Å². The predicted octanol–water partition coefficient (Wildman–Crippen LogP) is 3.21. The lowest BCUT2D eigenvalue weighted by Gasteiger charge is -2.32. The molecule has 2 aliphatic rings. The van der Waals surface area contributed by atoms with Crippen molar-refractivity contribution in [2.45, 2.75) is 76.1 Å². The van der Waals surface area contributed by atoms with E-state index in [2.05, 4.69) is 15.6 Å². The molecule has 2 aliphatic carbocycles. The number of nitrogens with zero attached hydrogens (tertiary/aromatic N) is 1. The van der Waals surface area contributed by atoms with Crippen LogP contribution in [0.1, 0.15) is 57.8 Å². The zero-order valence-electron chi connectivity index (χ0n) is 14.4. The van der Waals surface area contributed by atoms with Gasteiger partial charge in [-0.3, -0.25) is 4.99 Å². The minimum Gasteiger partial charge on any atom is -0.391 e. The third-order valence-electron chi connectivity index (χ3n) is 5.43. The van der Waals surface area contributed by atoms with E-state index in [-0.39, 0.29) is 18.9 Å². The van der Waals surface area contributed by atoms with Crippen LogP contribution in [0, 0.1) is 11.8 Å². The van der Waals surface area contributed by atoms with Gasteiger partial charge in [0, 0.05) is 19.6 Å². The number of aliphatic hydroxyl groups is 1. The van der Waals surface area contributed by atoms with E-state index in [4.69, 9.17) is 0 Å². The van der Waals surface area contributed by atoms with E-state index in [0.29, 0.717) is 31.3 Å². The van der Waals surface area contributed by atoms with E-state index >= 15 is 0 Å². The largest absolute Gasteiger partial charge is 0.391 e. The Morgan fingerprint density at radius 3 is 2.25 bits per heavy atom. The quantitative estimate of drug-likeness (QED) is 0.540. The topological polar surface area (TPSA) is 56.7 Å². The first-order valence-corrected chi connectivity index (χ1v) is 9.12. The molecule has 0 bridgehead atoms. The SMILES string of the molecule is CN=C(NCC(O)C1CCCCC1)NC1CCC(C(F)(F)F)CC1. The standard InChI is InChI=1S/C17H30F3N3O/c1-21-16(22-11-15(24)12-5-3-2-4-6-12)23-14-9-7-13(8-10-14)17(18,19)20/h12-15,24H,2-11H2,1H3,(H2,21,22,23). The molecule has 2 rings (SSSR count). The van der Waals surface area contributed by atoms with Gasteiger partial charge in [0.15, 0.2) is 5.96 Å². The Morgan fingerprint density at radius 1 is 1.08 bits per heavy atom. The lowest BCUT2D eigenvalue weighted by Crippen LogP contribution is -2.48. The third-order valence-corrected chi connectivity index (χ3v) is 5.43. The molecule has 0 aliphatic heterocycles. The molecule has 0 spiro atoms. The summed E-state index contributed by atoms with van der Waals surface area (Å²) in [6.45, 7) is 0.433. The fourth-order valence-corrected chi connectivity index (χ4v) is 3.84. The summed E-state index contributed by atoms with van der Waals surface area (Å²) < 4.78 is 38.1. The summed E-state index contributed by atoms with van der Waals surface area (Å²) in [6.07, 6.45) is 2.60. The van der Waals surface area contributed by atoms with Crippen LogP contribution in [-0.4, -0.2) is 43.0 Å². The van der Waals surface area contributed by atoms with Gasteiger partial charge in [0.05, 0.1) is 12.0 Å². The number of alkyl halides is 3. The van der Waals surface area contributed by atoms with Crippen molar-refractivity contribution in [3.63, 3.8) is 0 Å². The second-order valence-corrected chi connectivity index (χ2v) is 7.15. The van der Waals surface area contributed by atoms with Crippen LogP contribution in [0.2, 0.25) is 0 Å². The van der Waals surface area contributed by atoms with Crippen molar-refractivity contribution >= 4 is 5.96 Å². The molecule has 7 heteroatoms. The number of hydrogen-bond donors (Lipinski definition) is 3. The fourth-order valence-electron chi connectivity index (χ4n) is 3.84. The molecule has 1 atom stereocenters. The van der Waals surface area contributed by atoms with Gasteiger partial charge in [0.1, 0.15) is 0 Å². The van der Waals surface area contributed by atoms with Gasteiger partial charge in [0.25, 0.3) is 0 Å². The number of halogens is 3. The maximum absolute atomic E-state index is 12.7. The van der Waals surface area contributed by atoms with Crippen LogP contribution in [0.25, 0.3) is 0 Å². The number of rotatable bonds is 4. The van der Waals surface area contributed by atoms with Gasteiger partial charge >= 0.3 is 6.18 Å². The van der Waals surface area contributed by atoms with Gasteiger partial charge in [-0.15, -0.1) is 0 Å². The van der Waals surface area contributed by atoms with Gasteiger partial charge in [-0.2, -0.15) is 13.2 Å². The maximum Gasteiger partial charge on any atom is 0.391 e. The summed E-state index contributed by atoms with van der Waals surface area (Å²) >= 11 is 0. The molecule has 0 aromatic heterocycles. The Kier molecular flexibility index (Phi) is 7.19. The summed E-state index contributed by atoms with van der Waals surface area (Å²) in [5.74, 6) is -0.259. The number of aliphatic hydroxyl groups excluding tert-OH is 1. The molecular formula is C17H30F3N3O. The first-order valence-electron chi connectivity index (χ1n) is 9.12. The monoisotopic (exact) mass is 349 g/mol. The summed E-state index contributed by atoms with van der Waals surface area (Å²) in [6, 6.07) is 0.0154. The number of hydrogen-bond acceptors (Lipinski definition) is 2. The molecule has 0 aromatic rings. The Hall–Kier alpha value is -0.980. The minimum atomic E-state index is -4.07. The highest BCUT2D eigenvalue weighted by atomic mass is 19.4. The van der Waals surface area contributed by atoms with Gasteiger partial charge in [-0.05, 0) is 44.4 Å². The molecule has 140 valence electrons. The van der Waals surface area contributed by atoms with Crippen LogP contribution in [0.4, 0.5) is 13.2 Å². The zero-order valence-corrected chi connectivity index (χ0v) is 14.4. The molecule has 0 heterocycles. The van der Waals surface area contributed by atoms with Crippen molar-refractivity contribution in [3.05, 3.63) is 0 Å². The average molecular weight is 349 g/mol. The Morgan fingerprint density at radius 2 is 1.71 bits per heavy atom. The molecule has 1 unspecified atom stereocenters. The molecule has 4 nitrogen and oxygen atoms in total. The van der Waals surface area contributed by atoms with Gasteiger partial charge in [0.2, 0.25) is 0 Å². The number of nitrogens with one attached hydrogen (secondary N) is 2. The van der Waals surface area contributed by atoms with Crippen LogP contribution in [0.3, 0.4) is 0 Å². The third kappa shape index (κ3) is 5.83. The summed E-state index contributed by atoms with van der Waals surface area (Å²) in [7, 11) is 1.64. The van der Waals surface area contributed by atoms with E-state index in [9.17, 15) is 18.3 Å². The van der Waals surface area contributed by atoms with Gasteiger partial charge < -0.3 is 15.7 Å². The molecule has 0 aromatic carbocycles. The smallest absolute Gasteiger partial charge is 0.391 e. The molecule has 2 saturated carbocycles. The lowest BCUT2D eigenvalue weighted by molar-refractivity contribution is -0.182. The second kappa shape index (κ2) is 8.92. The number of guanidine groups is 1. The second-order valence-electron chi connectivity index (χ2n) is 7.15. The first-order chi connectivity index (χ1) is 11.4. The Bertz CT molecular complexity index is 400. The summed E-state index contributed by atoms with van der Waals surface area (Å²) in [5.41, 5.74) is 0. The van der Waals surface area contributed by atoms with Crippen LogP contribution >= 0.6 is 0 Å². The molecule has 0 amide bonds. The Labute approximate surface area is 142 Å². The van der Waals surface area contributed by atoms with E-state index in [1.165, 1.54) is 19.3 Å². The van der Waals surface area contributed by atoms with Gasteiger partial charge in [-0.25, -0.2) is 0 Å². The van der Waals surface area contributed by atoms with Crippen LogP contribution < -0.4 is 10.6 Å². The van der Waals surface area contributed by atoms with E-state index in [1.807, 2.05) is 0 Å². The highest BCUT2D eigenvalue weighted by molar-refractivity contribution is 5.79. The van der Waals surface area contributed by atoms with Crippen molar-refractivity contribution in [1.82, 2.24) is 10.6 Å². The molecule has 0 radical (unpaired) electrons. The van der Waals surface area contributed by atoms with Crippen LogP contribution in [0.15, 0.2) is 4.99 Å². The van der Waals surface area contributed by atoms with Crippen molar-refractivity contribution in [2.24, 2.45) is 16.8 Å². The van der Waals surface area contributed by atoms with Crippen molar-refractivity contribution in [2.75, 3.05) is 13.6 Å². The molecular weight excluding hydrogens is 319 g/mol. The molecule has 2 fully saturated rings. The van der Waals surface area contributed by atoms with Crippen molar-refractivity contribution in [3.8, 4) is 0 Å². The summed E-state index contributed by atoms with van der Waals surface area (Å²) in [4.78, 5) is 4.13. The molecule has 24 heavy (non-hydrogen) atoms. The normalized spacial score (nSPS) is 28.5. The van der Waals surface area contributed by atoms with E-state index < -0.39 is 18.2 Å². The molecule has 0 saturated heterocycles. The lowest BCUT2D eigenvalue weighted by atomic mass is 9.85. The fraction of sp³-hybridized carbons (Fsp3) is 0.941. The highest BCUT2D eigenvalue weighted by Gasteiger charge is 2.41. The van der Waals surface area contributed by atoms with E-state index in [0.717, 1.165) is 12.8 Å². The highest BCUT2D eigenvalue weighted by Crippen LogP contribution is 2.37. The van der Waals surface area contributed by atoms with Crippen LogP contribution in [0.5, 0.6) is 0 Å². The number of aliphatic imine (C=N–C) groups is 1.